The molecule has 0 aliphatic carbocycles. The van der Waals surface area contributed by atoms with Crippen molar-refractivity contribution in [1.29, 1.82) is 0 Å². The van der Waals surface area contributed by atoms with E-state index >= 15 is 0 Å². The van der Waals surface area contributed by atoms with E-state index in [1.807, 2.05) is 31.2 Å². The summed E-state index contributed by atoms with van der Waals surface area (Å²) in [6.07, 6.45) is 4.95. The van der Waals surface area contributed by atoms with E-state index in [1.54, 1.807) is 12.2 Å². The van der Waals surface area contributed by atoms with Crippen molar-refractivity contribution in [3.8, 4) is 0 Å². The minimum Gasteiger partial charge on any atom is -0.480 e. The van der Waals surface area contributed by atoms with E-state index in [2.05, 4.69) is 12.2 Å². The first kappa shape index (κ1) is 16.0. The van der Waals surface area contributed by atoms with Crippen molar-refractivity contribution in [2.45, 2.75) is 39.2 Å². The number of carbonyl (C=O) groups excluding carboxylic acids is 1. The van der Waals surface area contributed by atoms with Crippen LogP contribution in [0.1, 0.15) is 31.4 Å². The van der Waals surface area contributed by atoms with E-state index < -0.39 is 12.0 Å². The molecule has 4 nitrogen and oxygen atoms in total. The first-order valence-electron chi connectivity index (χ1n) is 6.78. The van der Waals surface area contributed by atoms with Crippen molar-refractivity contribution in [3.63, 3.8) is 0 Å². The number of amides is 1. The predicted octanol–water partition coefficient (Wildman–Crippen LogP) is 2.33. The Balaban J connectivity index is 2.58. The van der Waals surface area contributed by atoms with Gasteiger partial charge in [0.05, 0.1) is 6.42 Å². The van der Waals surface area contributed by atoms with Gasteiger partial charge in [-0.2, -0.15) is 0 Å². The minimum absolute atomic E-state index is 0.198. The van der Waals surface area contributed by atoms with E-state index in [-0.39, 0.29) is 12.3 Å². The maximum Gasteiger partial charge on any atom is 0.326 e. The molecule has 1 atom stereocenters. The van der Waals surface area contributed by atoms with Gasteiger partial charge in [0, 0.05) is 0 Å². The van der Waals surface area contributed by atoms with Crippen molar-refractivity contribution >= 4 is 11.9 Å². The van der Waals surface area contributed by atoms with Gasteiger partial charge >= 0.3 is 5.97 Å². The van der Waals surface area contributed by atoms with E-state index in [9.17, 15) is 9.59 Å². The Labute approximate surface area is 119 Å². The summed E-state index contributed by atoms with van der Waals surface area (Å²) in [4.78, 5) is 22.9. The number of hydrogen-bond donors (Lipinski definition) is 2. The van der Waals surface area contributed by atoms with Crippen LogP contribution in [0, 0.1) is 0 Å². The van der Waals surface area contributed by atoms with Gasteiger partial charge in [-0.25, -0.2) is 4.79 Å². The standard InChI is InChI=1S/C16H21NO3/c1-3-5-6-14(16(19)20)17-15(18)11-13-9-7-12(4-2)8-10-13/h3,5,7-10,14H,4,6,11H2,1-2H3,(H,17,18)(H,19,20)/b5-3+. The molecule has 0 aliphatic rings. The van der Waals surface area contributed by atoms with Gasteiger partial charge in [-0.1, -0.05) is 43.3 Å². The van der Waals surface area contributed by atoms with Crippen LogP contribution in [0.25, 0.3) is 0 Å². The van der Waals surface area contributed by atoms with Crippen LogP contribution in [0.4, 0.5) is 0 Å². The molecule has 1 unspecified atom stereocenters. The second-order valence-electron chi connectivity index (χ2n) is 4.61. The summed E-state index contributed by atoms with van der Waals surface area (Å²) in [5.74, 6) is -1.29. The molecule has 108 valence electrons. The Morgan fingerprint density at radius 3 is 2.35 bits per heavy atom. The minimum atomic E-state index is -1.02. The van der Waals surface area contributed by atoms with Crippen LogP contribution < -0.4 is 5.32 Å². The zero-order valence-corrected chi connectivity index (χ0v) is 11.9. The Morgan fingerprint density at radius 1 is 1.25 bits per heavy atom. The number of allylic oxidation sites excluding steroid dienone is 1. The number of carboxylic acid groups (broad SMARTS) is 1. The number of carboxylic acids is 1. The molecule has 1 aromatic carbocycles. The van der Waals surface area contributed by atoms with Gasteiger partial charge in [-0.15, -0.1) is 0 Å². The van der Waals surface area contributed by atoms with E-state index in [4.69, 9.17) is 5.11 Å². The van der Waals surface area contributed by atoms with Crippen LogP contribution in [0.2, 0.25) is 0 Å². The number of carbonyl (C=O) groups is 2. The molecule has 0 aromatic heterocycles. The molecule has 0 fully saturated rings. The third-order valence-electron chi connectivity index (χ3n) is 3.04. The molecule has 4 heteroatoms. The van der Waals surface area contributed by atoms with Crippen LogP contribution in [-0.2, 0) is 22.4 Å². The highest BCUT2D eigenvalue weighted by atomic mass is 16.4. The van der Waals surface area contributed by atoms with Crippen molar-refractivity contribution < 1.29 is 14.7 Å². The van der Waals surface area contributed by atoms with Crippen molar-refractivity contribution in [2.75, 3.05) is 0 Å². The lowest BCUT2D eigenvalue weighted by molar-refractivity contribution is -0.141. The molecule has 0 aliphatic heterocycles. The lowest BCUT2D eigenvalue weighted by Gasteiger charge is -2.12. The highest BCUT2D eigenvalue weighted by Gasteiger charge is 2.18. The SMILES string of the molecule is C/C=C/CC(NC(=O)Cc1ccc(CC)cc1)C(=O)O. The molecular formula is C16H21NO3. The second kappa shape index (κ2) is 8.15. The summed E-state index contributed by atoms with van der Waals surface area (Å²) in [5, 5.41) is 11.6. The van der Waals surface area contributed by atoms with Crippen LogP contribution in [-0.4, -0.2) is 23.0 Å². The molecule has 0 bridgehead atoms. The zero-order chi connectivity index (χ0) is 15.0. The molecule has 0 heterocycles. The van der Waals surface area contributed by atoms with Crippen LogP contribution in [0.3, 0.4) is 0 Å². The molecule has 0 spiro atoms. The predicted molar refractivity (Wildman–Crippen MR) is 78.5 cm³/mol. The average Bonchev–Trinajstić information content (AvgIpc) is 2.44. The summed E-state index contributed by atoms with van der Waals surface area (Å²) in [6.45, 7) is 3.89. The monoisotopic (exact) mass is 275 g/mol. The third-order valence-corrected chi connectivity index (χ3v) is 3.04. The molecule has 1 rings (SSSR count). The molecule has 0 saturated heterocycles. The van der Waals surface area contributed by atoms with Gasteiger partial charge in [0.1, 0.15) is 6.04 Å². The Kier molecular flexibility index (Phi) is 6.50. The quantitative estimate of drug-likeness (QED) is 0.750. The summed E-state index contributed by atoms with van der Waals surface area (Å²) >= 11 is 0. The van der Waals surface area contributed by atoms with Crippen molar-refractivity contribution in [1.82, 2.24) is 5.32 Å². The first-order chi connectivity index (χ1) is 9.56. The molecule has 0 saturated carbocycles. The van der Waals surface area contributed by atoms with Crippen LogP contribution >= 0.6 is 0 Å². The summed E-state index contributed by atoms with van der Waals surface area (Å²) < 4.78 is 0. The number of rotatable bonds is 7. The van der Waals surface area contributed by atoms with Crippen molar-refractivity contribution in [3.05, 3.63) is 47.5 Å². The van der Waals surface area contributed by atoms with Gasteiger partial charge < -0.3 is 10.4 Å². The van der Waals surface area contributed by atoms with E-state index in [0.717, 1.165) is 12.0 Å². The van der Waals surface area contributed by atoms with Gasteiger partial charge in [-0.05, 0) is 30.9 Å². The summed E-state index contributed by atoms with van der Waals surface area (Å²) in [7, 11) is 0. The van der Waals surface area contributed by atoms with Gasteiger partial charge in [0.15, 0.2) is 0 Å². The molecule has 1 amide bonds. The third kappa shape index (κ3) is 5.26. The highest BCUT2D eigenvalue weighted by Crippen LogP contribution is 2.06. The molecule has 1 aromatic rings. The maximum atomic E-state index is 11.8. The number of aliphatic carboxylic acids is 1. The topological polar surface area (TPSA) is 66.4 Å². The fourth-order valence-electron chi connectivity index (χ4n) is 1.82. The molecular weight excluding hydrogens is 254 g/mol. The molecule has 2 N–H and O–H groups in total. The van der Waals surface area contributed by atoms with Crippen LogP contribution in [0.5, 0.6) is 0 Å². The summed E-state index contributed by atoms with van der Waals surface area (Å²) in [6, 6.07) is 6.91. The Morgan fingerprint density at radius 2 is 1.85 bits per heavy atom. The summed E-state index contributed by atoms with van der Waals surface area (Å²) in [5.41, 5.74) is 2.10. The smallest absolute Gasteiger partial charge is 0.326 e. The molecule has 20 heavy (non-hydrogen) atoms. The fraction of sp³-hybridized carbons (Fsp3) is 0.375. The van der Waals surface area contributed by atoms with E-state index in [1.165, 1.54) is 5.56 Å². The van der Waals surface area contributed by atoms with Crippen molar-refractivity contribution in [2.24, 2.45) is 0 Å². The van der Waals surface area contributed by atoms with Gasteiger partial charge in [0.25, 0.3) is 0 Å². The zero-order valence-electron chi connectivity index (χ0n) is 11.9. The van der Waals surface area contributed by atoms with Crippen LogP contribution in [0.15, 0.2) is 36.4 Å². The normalized spacial score (nSPS) is 12.3. The largest absolute Gasteiger partial charge is 0.480 e. The highest BCUT2D eigenvalue weighted by molar-refractivity contribution is 5.84. The number of aryl methyl sites for hydroxylation is 1. The lowest BCUT2D eigenvalue weighted by atomic mass is 10.1. The Hall–Kier alpha value is -2.10. The van der Waals surface area contributed by atoms with Gasteiger partial charge in [0.2, 0.25) is 5.91 Å². The lowest BCUT2D eigenvalue weighted by Crippen LogP contribution is -2.41. The first-order valence-corrected chi connectivity index (χ1v) is 6.78. The number of nitrogens with one attached hydrogen (secondary N) is 1. The Bertz CT molecular complexity index is 477. The van der Waals surface area contributed by atoms with E-state index in [0.29, 0.717) is 6.42 Å². The second-order valence-corrected chi connectivity index (χ2v) is 4.61. The number of hydrogen-bond acceptors (Lipinski definition) is 2. The fourth-order valence-corrected chi connectivity index (χ4v) is 1.82. The average molecular weight is 275 g/mol. The number of benzene rings is 1. The van der Waals surface area contributed by atoms with Gasteiger partial charge in [-0.3, -0.25) is 4.79 Å². The maximum absolute atomic E-state index is 11.8. The molecule has 0 radical (unpaired) electrons.